The summed E-state index contributed by atoms with van der Waals surface area (Å²) in [5, 5.41) is 9.56. The third-order valence-corrected chi connectivity index (χ3v) is 5.02. The zero-order chi connectivity index (χ0) is 13.4. The molecule has 1 atom stereocenters. The van der Waals surface area contributed by atoms with Gasteiger partial charge in [0.2, 0.25) is 0 Å². The highest BCUT2D eigenvalue weighted by molar-refractivity contribution is 5.01. The molecule has 3 nitrogen and oxygen atoms in total. The Balaban J connectivity index is 1.83. The van der Waals surface area contributed by atoms with Crippen molar-refractivity contribution in [3.05, 3.63) is 0 Å². The molecule has 1 heterocycles. The lowest BCUT2D eigenvalue weighted by atomic mass is 9.75. The van der Waals surface area contributed by atoms with Gasteiger partial charge in [0.25, 0.3) is 0 Å². The van der Waals surface area contributed by atoms with Crippen LogP contribution in [0.25, 0.3) is 0 Å². The van der Waals surface area contributed by atoms with Crippen LogP contribution in [0.3, 0.4) is 0 Å². The summed E-state index contributed by atoms with van der Waals surface area (Å²) in [7, 11) is 0. The van der Waals surface area contributed by atoms with E-state index in [2.05, 4.69) is 25.7 Å². The topological polar surface area (TPSA) is 49.5 Å². The van der Waals surface area contributed by atoms with Gasteiger partial charge in [-0.25, -0.2) is 0 Å². The van der Waals surface area contributed by atoms with E-state index >= 15 is 0 Å². The van der Waals surface area contributed by atoms with Crippen LogP contribution in [0.1, 0.15) is 46.5 Å². The Morgan fingerprint density at radius 2 is 1.61 bits per heavy atom. The van der Waals surface area contributed by atoms with Gasteiger partial charge in [0.05, 0.1) is 12.1 Å². The quantitative estimate of drug-likeness (QED) is 0.805. The second-order valence-corrected chi connectivity index (χ2v) is 7.58. The first-order valence-electron chi connectivity index (χ1n) is 7.47. The van der Waals surface area contributed by atoms with Gasteiger partial charge in [-0.05, 0) is 56.0 Å². The predicted octanol–water partition coefficient (Wildman–Crippen LogP) is 1.84. The maximum atomic E-state index is 9.56. The van der Waals surface area contributed by atoms with Gasteiger partial charge in [-0.3, -0.25) is 0 Å². The Morgan fingerprint density at radius 3 is 2.00 bits per heavy atom. The van der Waals surface area contributed by atoms with Crippen LogP contribution in [-0.4, -0.2) is 41.8 Å². The van der Waals surface area contributed by atoms with Gasteiger partial charge in [-0.15, -0.1) is 0 Å². The molecule has 1 saturated carbocycles. The number of nitrogens with two attached hydrogens (primary N) is 1. The predicted molar refractivity (Wildman–Crippen MR) is 75.3 cm³/mol. The van der Waals surface area contributed by atoms with E-state index in [1.807, 2.05) is 0 Å². The van der Waals surface area contributed by atoms with Crippen LogP contribution in [-0.2, 0) is 0 Å². The van der Waals surface area contributed by atoms with Crippen LogP contribution < -0.4 is 5.73 Å². The standard InChI is InChI=1S/C15H30N2O/c1-14(2,3)12-6-8-17(9-7-12)10-15(16,11-18)13-4-5-13/h12-13,18H,4-11,16H2,1-3H3. The van der Waals surface area contributed by atoms with Crippen molar-refractivity contribution in [3.63, 3.8) is 0 Å². The molecule has 0 aromatic rings. The molecule has 0 spiro atoms. The number of rotatable bonds is 4. The Kier molecular flexibility index (Phi) is 4.05. The molecule has 106 valence electrons. The van der Waals surface area contributed by atoms with E-state index in [0.29, 0.717) is 11.3 Å². The lowest BCUT2D eigenvalue weighted by molar-refractivity contribution is 0.0707. The highest BCUT2D eigenvalue weighted by atomic mass is 16.3. The van der Waals surface area contributed by atoms with Crippen molar-refractivity contribution in [2.24, 2.45) is 23.0 Å². The van der Waals surface area contributed by atoms with Crippen LogP contribution in [0, 0.1) is 17.3 Å². The fraction of sp³-hybridized carbons (Fsp3) is 1.00. The molecule has 0 aromatic carbocycles. The number of aliphatic hydroxyl groups is 1. The zero-order valence-electron chi connectivity index (χ0n) is 12.3. The van der Waals surface area contributed by atoms with Gasteiger partial charge in [0, 0.05) is 6.54 Å². The molecule has 0 amide bonds. The average Bonchev–Trinajstić information content (AvgIpc) is 3.12. The smallest absolute Gasteiger partial charge is 0.0626 e. The van der Waals surface area contributed by atoms with Crippen LogP contribution >= 0.6 is 0 Å². The third kappa shape index (κ3) is 3.25. The van der Waals surface area contributed by atoms with Crippen molar-refractivity contribution < 1.29 is 5.11 Å². The molecule has 2 aliphatic rings. The Labute approximate surface area is 112 Å². The summed E-state index contributed by atoms with van der Waals surface area (Å²) >= 11 is 0. The minimum absolute atomic E-state index is 0.136. The molecule has 2 fully saturated rings. The van der Waals surface area contributed by atoms with Gasteiger partial charge in [-0.2, -0.15) is 0 Å². The largest absolute Gasteiger partial charge is 0.394 e. The van der Waals surface area contributed by atoms with Crippen molar-refractivity contribution >= 4 is 0 Å². The van der Waals surface area contributed by atoms with Crippen LogP contribution in [0.15, 0.2) is 0 Å². The second-order valence-electron chi connectivity index (χ2n) is 7.58. The summed E-state index contributed by atoms with van der Waals surface area (Å²) in [6.45, 7) is 10.3. The minimum atomic E-state index is -0.339. The summed E-state index contributed by atoms with van der Waals surface area (Å²) in [6.07, 6.45) is 4.95. The molecule has 1 saturated heterocycles. The van der Waals surface area contributed by atoms with E-state index in [1.165, 1.54) is 25.7 Å². The van der Waals surface area contributed by atoms with Gasteiger partial charge >= 0.3 is 0 Å². The van der Waals surface area contributed by atoms with Crippen molar-refractivity contribution in [1.82, 2.24) is 4.90 Å². The molecule has 18 heavy (non-hydrogen) atoms. The number of piperidine rings is 1. The molecular formula is C15H30N2O. The maximum absolute atomic E-state index is 9.56. The SMILES string of the molecule is CC(C)(C)C1CCN(CC(N)(CO)C2CC2)CC1. The van der Waals surface area contributed by atoms with E-state index in [4.69, 9.17) is 5.73 Å². The van der Waals surface area contributed by atoms with E-state index in [-0.39, 0.29) is 12.1 Å². The average molecular weight is 254 g/mol. The lowest BCUT2D eigenvalue weighted by Crippen LogP contribution is -2.56. The third-order valence-electron chi connectivity index (χ3n) is 5.02. The fourth-order valence-corrected chi connectivity index (χ4v) is 3.34. The van der Waals surface area contributed by atoms with Crippen molar-refractivity contribution in [3.8, 4) is 0 Å². The highest BCUT2D eigenvalue weighted by Gasteiger charge is 2.43. The minimum Gasteiger partial charge on any atom is -0.394 e. The molecule has 0 aromatic heterocycles. The van der Waals surface area contributed by atoms with E-state index in [0.717, 1.165) is 25.6 Å². The van der Waals surface area contributed by atoms with Gasteiger partial charge in [-0.1, -0.05) is 20.8 Å². The molecule has 2 rings (SSSR count). The first kappa shape index (κ1) is 14.3. The summed E-state index contributed by atoms with van der Waals surface area (Å²) in [5.74, 6) is 1.39. The Bertz CT molecular complexity index is 275. The van der Waals surface area contributed by atoms with Gasteiger partial charge < -0.3 is 15.7 Å². The first-order chi connectivity index (χ1) is 8.35. The molecule has 1 aliphatic heterocycles. The van der Waals surface area contributed by atoms with E-state index in [1.54, 1.807) is 0 Å². The summed E-state index contributed by atoms with van der Waals surface area (Å²) < 4.78 is 0. The lowest BCUT2D eigenvalue weighted by Gasteiger charge is -2.42. The molecule has 3 heteroatoms. The van der Waals surface area contributed by atoms with Gasteiger partial charge in [0.1, 0.15) is 0 Å². The fourth-order valence-electron chi connectivity index (χ4n) is 3.34. The zero-order valence-corrected chi connectivity index (χ0v) is 12.3. The summed E-state index contributed by atoms with van der Waals surface area (Å²) in [6, 6.07) is 0. The Morgan fingerprint density at radius 1 is 1.06 bits per heavy atom. The molecule has 1 unspecified atom stereocenters. The first-order valence-corrected chi connectivity index (χ1v) is 7.47. The van der Waals surface area contributed by atoms with E-state index < -0.39 is 0 Å². The summed E-state index contributed by atoms with van der Waals surface area (Å²) in [4.78, 5) is 2.47. The Hall–Kier alpha value is -0.120. The molecule has 0 bridgehead atoms. The normalized spacial score (nSPS) is 27.2. The number of aliphatic hydroxyl groups excluding tert-OH is 1. The van der Waals surface area contributed by atoms with Crippen molar-refractivity contribution in [2.45, 2.75) is 52.0 Å². The molecule has 3 N–H and O–H groups in total. The maximum Gasteiger partial charge on any atom is 0.0626 e. The number of hydrogen-bond donors (Lipinski definition) is 2. The van der Waals surface area contributed by atoms with E-state index in [9.17, 15) is 5.11 Å². The number of nitrogens with zero attached hydrogens (tertiary/aromatic N) is 1. The highest BCUT2D eigenvalue weighted by Crippen LogP contribution is 2.40. The van der Waals surface area contributed by atoms with Gasteiger partial charge in [0.15, 0.2) is 0 Å². The van der Waals surface area contributed by atoms with Crippen molar-refractivity contribution in [1.29, 1.82) is 0 Å². The number of hydrogen-bond acceptors (Lipinski definition) is 3. The van der Waals surface area contributed by atoms with Crippen LogP contribution in [0.4, 0.5) is 0 Å². The monoisotopic (exact) mass is 254 g/mol. The number of likely N-dealkylation sites (tertiary alicyclic amines) is 1. The van der Waals surface area contributed by atoms with Crippen molar-refractivity contribution in [2.75, 3.05) is 26.2 Å². The van der Waals surface area contributed by atoms with Crippen LogP contribution in [0.2, 0.25) is 0 Å². The molecule has 1 aliphatic carbocycles. The molecule has 0 radical (unpaired) electrons. The van der Waals surface area contributed by atoms with Crippen LogP contribution in [0.5, 0.6) is 0 Å². The second kappa shape index (κ2) is 5.10. The summed E-state index contributed by atoms with van der Waals surface area (Å²) in [5.41, 5.74) is 6.45. The molecular weight excluding hydrogens is 224 g/mol.